The number of hydrogen-bond donors (Lipinski definition) is 3. The molecule has 1 aliphatic heterocycles. The Morgan fingerprint density at radius 3 is 2.73 bits per heavy atom. The van der Waals surface area contributed by atoms with E-state index in [-0.39, 0.29) is 16.5 Å². The summed E-state index contributed by atoms with van der Waals surface area (Å²) in [5.41, 5.74) is 1.51. The Kier molecular flexibility index (Phi) is 8.28. The summed E-state index contributed by atoms with van der Waals surface area (Å²) >= 11 is 5.93. The zero-order valence-corrected chi connectivity index (χ0v) is 19.6. The molecule has 3 rings (SSSR count). The van der Waals surface area contributed by atoms with Crippen LogP contribution >= 0.6 is 11.6 Å². The minimum atomic E-state index is -3.75. The third-order valence-electron chi connectivity index (χ3n) is 4.95. The Morgan fingerprint density at radius 2 is 2.00 bits per heavy atom. The van der Waals surface area contributed by atoms with E-state index in [0.29, 0.717) is 43.1 Å². The van der Waals surface area contributed by atoms with Crippen molar-refractivity contribution >= 4 is 44.6 Å². The molecule has 1 atom stereocenters. The molecule has 1 heterocycles. The van der Waals surface area contributed by atoms with E-state index < -0.39 is 39.1 Å². The van der Waals surface area contributed by atoms with Crippen LogP contribution in [-0.2, 0) is 25.1 Å². The number of fused-ring (bicyclic) bond motifs is 1. The maximum Gasteiger partial charge on any atom is 0.251 e. The fourth-order valence-electron chi connectivity index (χ4n) is 3.32. The smallest absolute Gasteiger partial charge is 0.251 e. The van der Waals surface area contributed by atoms with E-state index in [1.807, 2.05) is 6.92 Å². The lowest BCUT2D eigenvalue weighted by Crippen LogP contribution is -2.43. The summed E-state index contributed by atoms with van der Waals surface area (Å²) in [4.78, 5) is 24.8. The van der Waals surface area contributed by atoms with Crippen LogP contribution in [-0.4, -0.2) is 51.8 Å². The topological polar surface area (TPSA) is 114 Å². The summed E-state index contributed by atoms with van der Waals surface area (Å²) in [5.74, 6) is -2.29. The van der Waals surface area contributed by atoms with Gasteiger partial charge in [0.1, 0.15) is 11.9 Å². The van der Waals surface area contributed by atoms with E-state index in [2.05, 4.69) is 16.0 Å². The molecule has 3 N–H and O–H groups in total. The average Bonchev–Trinajstić information content (AvgIpc) is 2.75. The monoisotopic (exact) mass is 497 g/mol. The van der Waals surface area contributed by atoms with Crippen molar-refractivity contribution in [3.8, 4) is 0 Å². The number of carbonyl (C=O) groups is 2. The number of halogens is 2. The highest BCUT2D eigenvalue weighted by Gasteiger charge is 2.31. The summed E-state index contributed by atoms with van der Waals surface area (Å²) in [6, 6.07) is 7.18. The van der Waals surface area contributed by atoms with Crippen LogP contribution in [0.2, 0.25) is 5.02 Å². The number of carbonyl (C=O) groups excluding carboxylic acids is 2. The first-order chi connectivity index (χ1) is 15.7. The summed E-state index contributed by atoms with van der Waals surface area (Å²) in [6.07, 6.45) is 0.683. The quantitative estimate of drug-likeness (QED) is 0.435. The van der Waals surface area contributed by atoms with Gasteiger partial charge in [-0.2, -0.15) is 0 Å². The highest BCUT2D eigenvalue weighted by molar-refractivity contribution is 7.90. The Bertz CT molecular complexity index is 1140. The number of amides is 2. The Hall–Kier alpha value is -2.69. The Balaban J connectivity index is 1.63. The molecule has 0 bridgehead atoms. The third kappa shape index (κ3) is 6.89. The molecule has 2 aromatic rings. The molecule has 2 aromatic carbocycles. The summed E-state index contributed by atoms with van der Waals surface area (Å²) < 4.78 is 43.7. The van der Waals surface area contributed by atoms with E-state index >= 15 is 0 Å². The highest BCUT2D eigenvalue weighted by atomic mass is 35.5. The van der Waals surface area contributed by atoms with Gasteiger partial charge >= 0.3 is 0 Å². The van der Waals surface area contributed by atoms with E-state index in [9.17, 15) is 22.4 Å². The van der Waals surface area contributed by atoms with Gasteiger partial charge in [-0.25, -0.2) is 12.8 Å². The van der Waals surface area contributed by atoms with Gasteiger partial charge in [0, 0.05) is 30.3 Å². The standard InChI is InChI=1S/C22H25ClFN3O5S/c1-2-32-9-3-8-25-21(28)14-5-7-18-19(10-14)27-22(29)20(26-18)13-33(30,31)12-15-4-6-16(24)11-17(15)23/h4-7,10-11,20,26H,2-3,8-9,12-13H2,1H3,(H,25,28)(H,27,29)/t20-/m0/s1. The highest BCUT2D eigenvalue weighted by Crippen LogP contribution is 2.29. The Labute approximate surface area is 196 Å². The molecule has 1 aliphatic rings. The number of anilines is 2. The second-order valence-electron chi connectivity index (χ2n) is 7.54. The molecule has 0 unspecified atom stereocenters. The molecular formula is C22H25ClFN3O5S. The summed E-state index contributed by atoms with van der Waals surface area (Å²) in [6.45, 7) is 3.53. The van der Waals surface area contributed by atoms with E-state index in [1.54, 1.807) is 12.1 Å². The average molecular weight is 498 g/mol. The molecule has 8 nitrogen and oxygen atoms in total. The molecule has 0 fully saturated rings. The van der Waals surface area contributed by atoms with Gasteiger partial charge in [-0.05, 0) is 49.2 Å². The van der Waals surface area contributed by atoms with Gasteiger partial charge in [-0.3, -0.25) is 9.59 Å². The minimum Gasteiger partial charge on any atom is -0.382 e. The zero-order chi connectivity index (χ0) is 24.0. The lowest BCUT2D eigenvalue weighted by atomic mass is 10.1. The normalized spacial score (nSPS) is 15.4. The van der Waals surface area contributed by atoms with Gasteiger partial charge in [0.25, 0.3) is 5.91 Å². The summed E-state index contributed by atoms with van der Waals surface area (Å²) in [5, 5.41) is 8.35. The lowest BCUT2D eigenvalue weighted by molar-refractivity contribution is -0.116. The number of rotatable bonds is 10. The van der Waals surface area contributed by atoms with Crippen LogP contribution in [0.4, 0.5) is 15.8 Å². The first-order valence-electron chi connectivity index (χ1n) is 10.4. The van der Waals surface area contributed by atoms with Crippen molar-refractivity contribution in [3.63, 3.8) is 0 Å². The largest absolute Gasteiger partial charge is 0.382 e. The molecule has 11 heteroatoms. The second-order valence-corrected chi connectivity index (χ2v) is 10.1. The number of nitrogens with one attached hydrogen (secondary N) is 3. The van der Waals surface area contributed by atoms with Gasteiger partial charge in [0.05, 0.1) is 22.9 Å². The van der Waals surface area contributed by atoms with Crippen LogP contribution in [0.5, 0.6) is 0 Å². The van der Waals surface area contributed by atoms with Crippen LogP contribution in [0.15, 0.2) is 36.4 Å². The van der Waals surface area contributed by atoms with Crippen LogP contribution in [0.1, 0.15) is 29.3 Å². The SMILES string of the molecule is CCOCCCNC(=O)c1ccc2c(c1)NC(=O)[C@H](CS(=O)(=O)Cc1ccc(F)cc1Cl)N2. The van der Waals surface area contributed by atoms with Gasteiger partial charge in [0.2, 0.25) is 5.91 Å². The molecule has 178 valence electrons. The van der Waals surface area contributed by atoms with Crippen molar-refractivity contribution in [2.45, 2.75) is 25.1 Å². The van der Waals surface area contributed by atoms with Crippen molar-refractivity contribution in [3.05, 3.63) is 58.4 Å². The lowest BCUT2D eigenvalue weighted by Gasteiger charge is -2.27. The van der Waals surface area contributed by atoms with E-state index in [1.165, 1.54) is 12.1 Å². The molecule has 0 saturated heterocycles. The van der Waals surface area contributed by atoms with Gasteiger partial charge in [-0.15, -0.1) is 0 Å². The Morgan fingerprint density at radius 1 is 1.21 bits per heavy atom. The minimum absolute atomic E-state index is 0.00803. The molecule has 0 radical (unpaired) electrons. The van der Waals surface area contributed by atoms with Crippen LogP contribution in [0.3, 0.4) is 0 Å². The van der Waals surface area contributed by atoms with Crippen molar-refractivity contribution in [2.24, 2.45) is 0 Å². The van der Waals surface area contributed by atoms with Gasteiger partial charge < -0.3 is 20.7 Å². The van der Waals surface area contributed by atoms with Crippen molar-refractivity contribution in [2.75, 3.05) is 36.1 Å². The maximum atomic E-state index is 13.2. The number of benzene rings is 2. The van der Waals surface area contributed by atoms with Crippen LogP contribution in [0.25, 0.3) is 0 Å². The second kappa shape index (κ2) is 11.0. The molecule has 0 saturated carbocycles. The van der Waals surface area contributed by atoms with Crippen molar-refractivity contribution < 1.29 is 27.1 Å². The van der Waals surface area contributed by atoms with Crippen molar-refractivity contribution in [1.82, 2.24) is 5.32 Å². The van der Waals surface area contributed by atoms with E-state index in [0.717, 1.165) is 12.1 Å². The fourth-order valence-corrected chi connectivity index (χ4v) is 5.22. The van der Waals surface area contributed by atoms with Crippen LogP contribution in [0, 0.1) is 5.82 Å². The predicted octanol–water partition coefficient (Wildman–Crippen LogP) is 2.98. The molecule has 0 aliphatic carbocycles. The number of sulfone groups is 1. The first-order valence-corrected chi connectivity index (χ1v) is 12.6. The predicted molar refractivity (Wildman–Crippen MR) is 125 cm³/mol. The molecule has 0 spiro atoms. The molecule has 2 amide bonds. The third-order valence-corrected chi connectivity index (χ3v) is 6.90. The molecule has 0 aromatic heterocycles. The van der Waals surface area contributed by atoms with Gasteiger partial charge in [0.15, 0.2) is 9.84 Å². The van der Waals surface area contributed by atoms with Crippen LogP contribution < -0.4 is 16.0 Å². The molecule has 33 heavy (non-hydrogen) atoms. The maximum absolute atomic E-state index is 13.2. The number of ether oxygens (including phenoxy) is 1. The first kappa shape index (κ1) is 24.9. The zero-order valence-electron chi connectivity index (χ0n) is 18.0. The summed E-state index contributed by atoms with van der Waals surface area (Å²) in [7, 11) is -3.75. The van der Waals surface area contributed by atoms with Gasteiger partial charge in [-0.1, -0.05) is 17.7 Å². The van der Waals surface area contributed by atoms with Crippen molar-refractivity contribution in [1.29, 1.82) is 0 Å². The fraction of sp³-hybridized carbons (Fsp3) is 0.364. The van der Waals surface area contributed by atoms with E-state index in [4.69, 9.17) is 16.3 Å². The number of hydrogen-bond acceptors (Lipinski definition) is 6. The molecular weight excluding hydrogens is 473 g/mol.